The van der Waals surface area contributed by atoms with Crippen LogP contribution in [-0.4, -0.2) is 13.0 Å². The van der Waals surface area contributed by atoms with Crippen molar-refractivity contribution in [3.8, 4) is 11.8 Å². The van der Waals surface area contributed by atoms with Crippen molar-refractivity contribution in [2.75, 3.05) is 12.4 Å². The number of carbonyl (C=O) groups excluding carboxylic acids is 1. The van der Waals surface area contributed by atoms with E-state index in [1.54, 1.807) is 30.3 Å². The molecule has 2 aromatic carbocycles. The molecule has 0 heterocycles. The molecule has 0 fully saturated rings. The van der Waals surface area contributed by atoms with Crippen LogP contribution >= 0.6 is 22.6 Å². The van der Waals surface area contributed by atoms with Crippen LogP contribution in [0.5, 0.6) is 5.75 Å². The molecule has 20 heavy (non-hydrogen) atoms. The molecule has 0 saturated heterocycles. The Kier molecular flexibility index (Phi) is 4.58. The highest BCUT2D eigenvalue weighted by Crippen LogP contribution is 2.28. The van der Waals surface area contributed by atoms with Crippen molar-refractivity contribution >= 4 is 34.2 Å². The van der Waals surface area contributed by atoms with E-state index in [1.165, 1.54) is 7.11 Å². The maximum atomic E-state index is 12.3. The molecule has 2 aromatic rings. The minimum atomic E-state index is -0.268. The number of benzene rings is 2. The largest absolute Gasteiger partial charge is 0.495 e. The molecule has 0 saturated carbocycles. The van der Waals surface area contributed by atoms with Crippen molar-refractivity contribution in [1.82, 2.24) is 0 Å². The summed E-state index contributed by atoms with van der Waals surface area (Å²) >= 11 is 2.10. The number of nitrogens with one attached hydrogen (secondary N) is 1. The van der Waals surface area contributed by atoms with Crippen LogP contribution in [0.3, 0.4) is 0 Å². The first-order valence-corrected chi connectivity index (χ1v) is 6.88. The number of para-hydroxylation sites is 1. The zero-order chi connectivity index (χ0) is 14.5. The Balaban J connectivity index is 2.38. The number of rotatable bonds is 3. The smallest absolute Gasteiger partial charge is 0.256 e. The lowest BCUT2D eigenvalue weighted by atomic mass is 10.1. The number of hydrogen-bond donors (Lipinski definition) is 1. The lowest BCUT2D eigenvalue weighted by Crippen LogP contribution is -2.15. The maximum absolute atomic E-state index is 12.3. The third kappa shape index (κ3) is 2.91. The number of hydrogen-bond acceptors (Lipinski definition) is 3. The van der Waals surface area contributed by atoms with Crippen molar-refractivity contribution in [2.45, 2.75) is 0 Å². The van der Waals surface area contributed by atoms with Gasteiger partial charge in [-0.15, -0.1) is 0 Å². The number of nitrogens with zero attached hydrogens (tertiary/aromatic N) is 1. The Morgan fingerprint density at radius 2 is 2.00 bits per heavy atom. The van der Waals surface area contributed by atoms with Crippen LogP contribution in [0.15, 0.2) is 42.5 Å². The van der Waals surface area contributed by atoms with Crippen LogP contribution in [0.2, 0.25) is 0 Å². The summed E-state index contributed by atoms with van der Waals surface area (Å²) in [6, 6.07) is 14.3. The fraction of sp³-hybridized carbons (Fsp3) is 0.0667. The van der Waals surface area contributed by atoms with Crippen LogP contribution in [0.1, 0.15) is 15.9 Å². The normalized spacial score (nSPS) is 9.65. The third-order valence-corrected chi connectivity index (χ3v) is 3.66. The van der Waals surface area contributed by atoms with Crippen molar-refractivity contribution in [3.05, 3.63) is 57.2 Å². The SMILES string of the molecule is COc1cccc(C#N)c1NC(=O)c1ccccc1I. The molecule has 0 spiro atoms. The Morgan fingerprint density at radius 1 is 1.25 bits per heavy atom. The van der Waals surface area contributed by atoms with E-state index in [4.69, 9.17) is 10.00 Å². The fourth-order valence-corrected chi connectivity index (χ4v) is 2.38. The van der Waals surface area contributed by atoms with Crippen LogP contribution in [0.4, 0.5) is 5.69 Å². The van der Waals surface area contributed by atoms with E-state index in [0.717, 1.165) is 3.57 Å². The van der Waals surface area contributed by atoms with Gasteiger partial charge >= 0.3 is 0 Å². The molecule has 0 atom stereocenters. The number of carbonyl (C=O) groups is 1. The molecule has 0 aromatic heterocycles. The van der Waals surface area contributed by atoms with E-state index in [0.29, 0.717) is 22.6 Å². The zero-order valence-corrected chi connectivity index (χ0v) is 12.8. The first-order valence-electron chi connectivity index (χ1n) is 5.80. The van der Waals surface area contributed by atoms with E-state index < -0.39 is 0 Å². The molecule has 0 bridgehead atoms. The second-order valence-electron chi connectivity index (χ2n) is 3.93. The average Bonchev–Trinajstić information content (AvgIpc) is 2.47. The third-order valence-electron chi connectivity index (χ3n) is 2.72. The average molecular weight is 378 g/mol. The molecular formula is C15H11IN2O2. The summed E-state index contributed by atoms with van der Waals surface area (Å²) in [5.74, 6) is 0.194. The maximum Gasteiger partial charge on any atom is 0.256 e. The molecule has 0 aliphatic rings. The Labute approximate surface area is 130 Å². The quantitative estimate of drug-likeness (QED) is 0.833. The predicted molar refractivity (Wildman–Crippen MR) is 84.8 cm³/mol. The van der Waals surface area contributed by atoms with Gasteiger partial charge in [-0.1, -0.05) is 18.2 Å². The van der Waals surface area contributed by atoms with Crippen molar-refractivity contribution in [3.63, 3.8) is 0 Å². The van der Waals surface area contributed by atoms with Crippen LogP contribution < -0.4 is 10.1 Å². The van der Waals surface area contributed by atoms with Gasteiger partial charge in [0.15, 0.2) is 0 Å². The molecule has 0 aliphatic carbocycles. The van der Waals surface area contributed by atoms with Gasteiger partial charge in [0.05, 0.1) is 18.2 Å². The van der Waals surface area contributed by atoms with Gasteiger partial charge in [0.1, 0.15) is 17.5 Å². The van der Waals surface area contributed by atoms with Gasteiger partial charge in [-0.25, -0.2) is 0 Å². The Hall–Kier alpha value is -2.07. The topological polar surface area (TPSA) is 62.1 Å². The van der Waals surface area contributed by atoms with Gasteiger partial charge in [-0.05, 0) is 46.9 Å². The van der Waals surface area contributed by atoms with E-state index in [2.05, 4.69) is 27.9 Å². The Morgan fingerprint density at radius 3 is 2.65 bits per heavy atom. The molecule has 0 radical (unpaired) electrons. The molecule has 0 unspecified atom stereocenters. The van der Waals surface area contributed by atoms with Gasteiger partial charge in [0.25, 0.3) is 5.91 Å². The number of halogens is 1. The van der Waals surface area contributed by atoms with Crippen LogP contribution in [0.25, 0.3) is 0 Å². The number of methoxy groups -OCH3 is 1. The molecule has 5 heteroatoms. The molecular weight excluding hydrogens is 367 g/mol. The summed E-state index contributed by atoms with van der Waals surface area (Å²) in [6.07, 6.45) is 0. The van der Waals surface area contributed by atoms with Crippen molar-refractivity contribution < 1.29 is 9.53 Å². The molecule has 0 aliphatic heterocycles. The highest BCUT2D eigenvalue weighted by Gasteiger charge is 2.15. The standard InChI is InChI=1S/C15H11IN2O2/c1-20-13-8-4-5-10(9-17)14(13)18-15(19)11-6-2-3-7-12(11)16/h2-8H,1H3,(H,18,19). The highest BCUT2D eigenvalue weighted by molar-refractivity contribution is 14.1. The minimum Gasteiger partial charge on any atom is -0.495 e. The number of ether oxygens (including phenoxy) is 1. The van der Waals surface area contributed by atoms with Crippen molar-refractivity contribution in [2.24, 2.45) is 0 Å². The fourth-order valence-electron chi connectivity index (χ4n) is 1.75. The molecule has 1 N–H and O–H groups in total. The molecule has 1 amide bonds. The number of nitriles is 1. The van der Waals surface area contributed by atoms with Gasteiger partial charge in [0.2, 0.25) is 0 Å². The summed E-state index contributed by atoms with van der Waals surface area (Å²) in [7, 11) is 1.50. The van der Waals surface area contributed by atoms with E-state index in [-0.39, 0.29) is 5.91 Å². The summed E-state index contributed by atoms with van der Waals surface area (Å²) in [5, 5.41) is 11.9. The van der Waals surface area contributed by atoms with Gasteiger partial charge < -0.3 is 10.1 Å². The number of amides is 1. The molecule has 2 rings (SSSR count). The van der Waals surface area contributed by atoms with Crippen molar-refractivity contribution in [1.29, 1.82) is 5.26 Å². The van der Waals surface area contributed by atoms with Gasteiger partial charge in [-0.3, -0.25) is 4.79 Å². The second-order valence-corrected chi connectivity index (χ2v) is 5.09. The van der Waals surface area contributed by atoms with E-state index in [9.17, 15) is 4.79 Å². The summed E-state index contributed by atoms with van der Waals surface area (Å²) in [4.78, 5) is 12.3. The Bertz CT molecular complexity index is 693. The molecule has 4 nitrogen and oxygen atoms in total. The first kappa shape index (κ1) is 14.3. The van der Waals surface area contributed by atoms with Gasteiger partial charge in [-0.2, -0.15) is 5.26 Å². The number of anilines is 1. The minimum absolute atomic E-state index is 0.268. The lowest BCUT2D eigenvalue weighted by molar-refractivity contribution is 0.102. The summed E-state index contributed by atoms with van der Waals surface area (Å²) in [6.45, 7) is 0. The van der Waals surface area contributed by atoms with E-state index >= 15 is 0 Å². The van der Waals surface area contributed by atoms with Crippen LogP contribution in [-0.2, 0) is 0 Å². The zero-order valence-electron chi connectivity index (χ0n) is 10.7. The van der Waals surface area contributed by atoms with Crippen LogP contribution in [0, 0.1) is 14.9 Å². The summed E-state index contributed by atoms with van der Waals surface area (Å²) in [5.41, 5.74) is 1.31. The van der Waals surface area contributed by atoms with Gasteiger partial charge in [0, 0.05) is 3.57 Å². The van der Waals surface area contributed by atoms with E-state index in [1.807, 2.05) is 18.2 Å². The lowest BCUT2D eigenvalue weighted by Gasteiger charge is -2.12. The second kappa shape index (κ2) is 6.39. The summed E-state index contributed by atoms with van der Waals surface area (Å²) < 4.78 is 6.03. The monoisotopic (exact) mass is 378 g/mol. The highest BCUT2D eigenvalue weighted by atomic mass is 127. The first-order chi connectivity index (χ1) is 9.67. The molecule has 100 valence electrons. The predicted octanol–water partition coefficient (Wildman–Crippen LogP) is 3.42.